The number of rotatable bonds is 4. The molecule has 7 nitrogen and oxygen atoms in total. The van der Waals surface area contributed by atoms with Crippen LogP contribution in [0.3, 0.4) is 0 Å². The van der Waals surface area contributed by atoms with Gasteiger partial charge in [-0.15, -0.1) is 0 Å². The Labute approximate surface area is 187 Å². The molecular formula is C24H29FN4O3. The topological polar surface area (TPSA) is 77.0 Å². The highest BCUT2D eigenvalue weighted by Gasteiger charge is 2.40. The molecule has 0 bridgehead atoms. The van der Waals surface area contributed by atoms with E-state index in [1.807, 2.05) is 29.0 Å². The molecule has 1 aromatic heterocycles. The average molecular weight is 441 g/mol. The van der Waals surface area contributed by atoms with E-state index in [1.54, 1.807) is 12.1 Å². The third-order valence-corrected chi connectivity index (χ3v) is 6.35. The normalized spacial score (nSPS) is 20.3. The summed E-state index contributed by atoms with van der Waals surface area (Å²) in [5, 5.41) is 9.27. The minimum absolute atomic E-state index is 0.00599. The van der Waals surface area contributed by atoms with E-state index in [9.17, 15) is 19.1 Å². The zero-order chi connectivity index (χ0) is 23.0. The van der Waals surface area contributed by atoms with E-state index in [1.165, 1.54) is 17.0 Å². The van der Waals surface area contributed by atoms with Crippen molar-refractivity contribution in [2.45, 2.75) is 38.6 Å². The second-order valence-corrected chi connectivity index (χ2v) is 9.44. The van der Waals surface area contributed by atoms with Crippen molar-refractivity contribution >= 4 is 17.7 Å². The fourth-order valence-corrected chi connectivity index (χ4v) is 4.67. The van der Waals surface area contributed by atoms with Crippen molar-refractivity contribution < 1.29 is 19.1 Å². The molecule has 1 aromatic carbocycles. The summed E-state index contributed by atoms with van der Waals surface area (Å²) < 4.78 is 13.2. The molecule has 0 aliphatic carbocycles. The summed E-state index contributed by atoms with van der Waals surface area (Å²) in [5.74, 6) is -0.272. The molecule has 1 N–H and O–H groups in total. The predicted octanol–water partition coefficient (Wildman–Crippen LogP) is 3.12. The van der Waals surface area contributed by atoms with Crippen molar-refractivity contribution in [3.05, 3.63) is 59.2 Å². The van der Waals surface area contributed by atoms with Gasteiger partial charge in [0, 0.05) is 43.8 Å². The molecule has 170 valence electrons. The number of carboxylic acid groups (broad SMARTS) is 1. The number of hydrogen-bond donors (Lipinski definition) is 1. The summed E-state index contributed by atoms with van der Waals surface area (Å²) >= 11 is 0. The molecule has 0 spiro atoms. The summed E-state index contributed by atoms with van der Waals surface area (Å²) in [5.41, 5.74) is 3.42. The smallest absolute Gasteiger partial charge is 0.407 e. The van der Waals surface area contributed by atoms with E-state index in [0.717, 1.165) is 22.5 Å². The number of aromatic nitrogens is 1. The van der Waals surface area contributed by atoms with Crippen LogP contribution in [0.4, 0.5) is 14.9 Å². The molecule has 1 saturated heterocycles. The van der Waals surface area contributed by atoms with E-state index in [4.69, 9.17) is 4.98 Å². The van der Waals surface area contributed by atoms with Gasteiger partial charge in [-0.05, 0) is 42.7 Å². The van der Waals surface area contributed by atoms with Gasteiger partial charge in [0.1, 0.15) is 5.82 Å². The molecule has 1 fully saturated rings. The second kappa shape index (κ2) is 8.50. The third-order valence-electron chi connectivity index (χ3n) is 6.35. The maximum Gasteiger partial charge on any atom is 0.407 e. The van der Waals surface area contributed by atoms with E-state index in [0.29, 0.717) is 32.6 Å². The molecule has 2 aliphatic rings. The monoisotopic (exact) mass is 440 g/mol. The number of nitrogens with zero attached hydrogens (tertiary/aromatic N) is 4. The Hall–Kier alpha value is -3.00. The molecule has 1 atom stereocenters. The van der Waals surface area contributed by atoms with Crippen molar-refractivity contribution in [1.82, 2.24) is 14.8 Å². The number of fused-ring (bicyclic) bond motifs is 1. The summed E-state index contributed by atoms with van der Waals surface area (Å²) in [6, 6.07) is 8.27. The van der Waals surface area contributed by atoms with Gasteiger partial charge in [-0.25, -0.2) is 9.18 Å². The molecule has 0 unspecified atom stereocenters. The molecular weight excluding hydrogens is 411 g/mol. The zero-order valence-corrected chi connectivity index (χ0v) is 18.7. The summed E-state index contributed by atoms with van der Waals surface area (Å²) in [4.78, 5) is 34.5. The van der Waals surface area contributed by atoms with Crippen molar-refractivity contribution in [2.75, 3.05) is 37.6 Å². The van der Waals surface area contributed by atoms with E-state index in [2.05, 4.69) is 13.8 Å². The lowest BCUT2D eigenvalue weighted by molar-refractivity contribution is -0.120. The lowest BCUT2D eigenvalue weighted by Crippen LogP contribution is -2.55. The summed E-state index contributed by atoms with van der Waals surface area (Å²) in [6.45, 7) is 8.30. The van der Waals surface area contributed by atoms with Gasteiger partial charge in [-0.2, -0.15) is 0 Å². The number of amides is 2. The Morgan fingerprint density at radius 3 is 2.56 bits per heavy atom. The molecule has 2 aromatic rings. The van der Waals surface area contributed by atoms with Crippen molar-refractivity contribution in [2.24, 2.45) is 0 Å². The van der Waals surface area contributed by atoms with Crippen LogP contribution in [-0.4, -0.2) is 70.7 Å². The van der Waals surface area contributed by atoms with E-state index < -0.39 is 6.09 Å². The number of hydrogen-bond acceptors (Lipinski definition) is 4. The fraction of sp³-hybridized carbons (Fsp3) is 0.458. The summed E-state index contributed by atoms with van der Waals surface area (Å²) in [6.07, 6.45) is 1.53. The lowest BCUT2D eigenvalue weighted by atomic mass is 9.91. The Bertz CT molecular complexity index is 1020. The highest BCUT2D eigenvalue weighted by atomic mass is 19.1. The van der Waals surface area contributed by atoms with Crippen LogP contribution in [-0.2, 0) is 16.6 Å². The zero-order valence-electron chi connectivity index (χ0n) is 18.7. The van der Waals surface area contributed by atoms with Gasteiger partial charge < -0.3 is 14.9 Å². The third kappa shape index (κ3) is 4.46. The number of anilines is 1. The van der Waals surface area contributed by atoms with Crippen LogP contribution in [0.15, 0.2) is 36.5 Å². The second-order valence-electron chi connectivity index (χ2n) is 9.44. The number of pyridine rings is 1. The first-order valence-electron chi connectivity index (χ1n) is 10.9. The van der Waals surface area contributed by atoms with Crippen LogP contribution in [0.2, 0.25) is 0 Å². The maximum atomic E-state index is 13.3. The molecule has 2 aliphatic heterocycles. The van der Waals surface area contributed by atoms with Gasteiger partial charge in [0.2, 0.25) is 5.91 Å². The Morgan fingerprint density at radius 2 is 1.91 bits per heavy atom. The first-order chi connectivity index (χ1) is 15.1. The van der Waals surface area contributed by atoms with Crippen molar-refractivity contribution in [3.63, 3.8) is 0 Å². The lowest BCUT2D eigenvalue weighted by Gasteiger charge is -2.38. The number of halogens is 1. The van der Waals surface area contributed by atoms with Gasteiger partial charge in [-0.3, -0.25) is 14.7 Å². The Kier molecular flexibility index (Phi) is 5.90. The molecule has 32 heavy (non-hydrogen) atoms. The molecule has 4 rings (SSSR count). The van der Waals surface area contributed by atoms with Crippen LogP contribution in [0.5, 0.6) is 0 Å². The van der Waals surface area contributed by atoms with Gasteiger partial charge in [0.15, 0.2) is 0 Å². The Morgan fingerprint density at radius 1 is 1.19 bits per heavy atom. The van der Waals surface area contributed by atoms with Gasteiger partial charge >= 0.3 is 6.09 Å². The van der Waals surface area contributed by atoms with Crippen LogP contribution < -0.4 is 4.90 Å². The summed E-state index contributed by atoms with van der Waals surface area (Å²) in [7, 11) is 0. The number of carbonyl (C=O) groups excluding carboxylic acids is 1. The van der Waals surface area contributed by atoms with Crippen LogP contribution >= 0.6 is 0 Å². The Balaban J connectivity index is 1.50. The van der Waals surface area contributed by atoms with E-state index in [-0.39, 0.29) is 29.7 Å². The SMILES string of the molecule is C[C@@H]1CN(CC(=O)N2CC(C)(C)c3ncc(Cc4ccc(F)cc4)cc32)CCN1C(=O)O. The van der Waals surface area contributed by atoms with Gasteiger partial charge in [-0.1, -0.05) is 26.0 Å². The van der Waals surface area contributed by atoms with Gasteiger partial charge in [0.25, 0.3) is 0 Å². The van der Waals surface area contributed by atoms with E-state index >= 15 is 0 Å². The first-order valence-corrected chi connectivity index (χ1v) is 10.9. The van der Waals surface area contributed by atoms with Crippen molar-refractivity contribution in [3.8, 4) is 0 Å². The molecule has 0 radical (unpaired) electrons. The number of carbonyl (C=O) groups is 2. The average Bonchev–Trinajstić information content (AvgIpc) is 3.00. The molecule has 2 amide bonds. The first kappa shape index (κ1) is 22.2. The van der Waals surface area contributed by atoms with Crippen LogP contribution in [0.25, 0.3) is 0 Å². The minimum atomic E-state index is -0.918. The minimum Gasteiger partial charge on any atom is -0.465 e. The van der Waals surface area contributed by atoms with Crippen LogP contribution in [0, 0.1) is 5.82 Å². The number of piperazine rings is 1. The predicted molar refractivity (Wildman–Crippen MR) is 119 cm³/mol. The molecule has 3 heterocycles. The largest absolute Gasteiger partial charge is 0.465 e. The highest BCUT2D eigenvalue weighted by molar-refractivity contribution is 5.97. The quantitative estimate of drug-likeness (QED) is 0.791. The maximum absolute atomic E-state index is 13.3. The standard InChI is InChI=1S/C24H29FN4O3/c1-16-13-27(8-9-28(16)23(31)32)14-21(30)29-15-24(2,3)22-20(29)11-18(12-26-22)10-17-4-6-19(25)7-5-17/h4-7,11-12,16H,8-10,13-15H2,1-3H3,(H,31,32)/t16-/m1/s1. The fourth-order valence-electron chi connectivity index (χ4n) is 4.67. The van der Waals surface area contributed by atoms with Crippen molar-refractivity contribution in [1.29, 1.82) is 0 Å². The molecule has 8 heteroatoms. The van der Waals surface area contributed by atoms with Gasteiger partial charge in [0.05, 0.1) is 17.9 Å². The number of benzene rings is 1. The highest BCUT2D eigenvalue weighted by Crippen LogP contribution is 2.39. The van der Waals surface area contributed by atoms with Crippen LogP contribution in [0.1, 0.15) is 37.6 Å². The molecule has 0 saturated carbocycles.